The summed E-state index contributed by atoms with van der Waals surface area (Å²) in [6.07, 6.45) is 7.68. The molecular formula is C13H24OS. The van der Waals surface area contributed by atoms with E-state index in [9.17, 15) is 5.11 Å². The van der Waals surface area contributed by atoms with Crippen LogP contribution in [0, 0.1) is 11.3 Å². The van der Waals surface area contributed by atoms with Crippen LogP contribution in [0.15, 0.2) is 0 Å². The van der Waals surface area contributed by atoms with E-state index in [1.54, 1.807) is 0 Å². The molecular weight excluding hydrogens is 204 g/mol. The van der Waals surface area contributed by atoms with Crippen LogP contribution >= 0.6 is 11.8 Å². The largest absolute Gasteiger partial charge is 0.388 e. The summed E-state index contributed by atoms with van der Waals surface area (Å²) >= 11 is 1.94. The third-order valence-electron chi connectivity index (χ3n) is 4.57. The fourth-order valence-electron chi connectivity index (χ4n) is 3.02. The fourth-order valence-corrected chi connectivity index (χ4v) is 4.67. The van der Waals surface area contributed by atoms with Gasteiger partial charge in [-0.05, 0) is 29.9 Å². The second kappa shape index (κ2) is 4.29. The van der Waals surface area contributed by atoms with Crippen molar-refractivity contribution in [1.82, 2.24) is 0 Å². The minimum absolute atomic E-state index is 0.126. The lowest BCUT2D eigenvalue weighted by Gasteiger charge is -2.47. The molecule has 2 heteroatoms. The minimum Gasteiger partial charge on any atom is -0.388 e. The topological polar surface area (TPSA) is 20.2 Å². The van der Waals surface area contributed by atoms with Crippen molar-refractivity contribution in [2.24, 2.45) is 11.3 Å². The van der Waals surface area contributed by atoms with Gasteiger partial charge >= 0.3 is 0 Å². The Labute approximate surface area is 98.0 Å². The first-order chi connectivity index (χ1) is 7.04. The van der Waals surface area contributed by atoms with Gasteiger partial charge in [-0.25, -0.2) is 0 Å². The monoisotopic (exact) mass is 228 g/mol. The Morgan fingerprint density at radius 1 is 1.27 bits per heavy atom. The summed E-state index contributed by atoms with van der Waals surface area (Å²) in [7, 11) is 0. The third-order valence-corrected chi connectivity index (χ3v) is 5.75. The number of hydrogen-bond donors (Lipinski definition) is 1. The number of rotatable bonds is 2. The maximum Gasteiger partial charge on any atom is 0.0791 e. The second-order valence-electron chi connectivity index (χ2n) is 6.07. The first-order valence-electron chi connectivity index (χ1n) is 6.34. The van der Waals surface area contributed by atoms with Crippen LogP contribution < -0.4 is 0 Å². The smallest absolute Gasteiger partial charge is 0.0791 e. The third kappa shape index (κ3) is 2.36. The van der Waals surface area contributed by atoms with Crippen molar-refractivity contribution in [2.75, 3.05) is 11.5 Å². The van der Waals surface area contributed by atoms with Gasteiger partial charge in [0, 0.05) is 5.75 Å². The summed E-state index contributed by atoms with van der Waals surface area (Å²) in [4.78, 5) is 0. The Kier molecular flexibility index (Phi) is 3.37. The molecule has 1 unspecified atom stereocenters. The van der Waals surface area contributed by atoms with Crippen molar-refractivity contribution >= 4 is 11.8 Å². The van der Waals surface area contributed by atoms with E-state index in [0.717, 1.165) is 18.1 Å². The highest BCUT2D eigenvalue weighted by Gasteiger charge is 2.46. The van der Waals surface area contributed by atoms with E-state index in [1.807, 2.05) is 11.8 Å². The zero-order valence-electron chi connectivity index (χ0n) is 10.1. The van der Waals surface area contributed by atoms with E-state index >= 15 is 0 Å². The number of thioether (sulfide) groups is 1. The van der Waals surface area contributed by atoms with Crippen molar-refractivity contribution < 1.29 is 5.11 Å². The Bertz CT molecular complexity index is 221. The predicted molar refractivity (Wildman–Crippen MR) is 67.2 cm³/mol. The zero-order valence-corrected chi connectivity index (χ0v) is 10.9. The molecule has 1 saturated heterocycles. The van der Waals surface area contributed by atoms with Gasteiger partial charge in [0.2, 0.25) is 0 Å². The molecule has 1 aliphatic carbocycles. The van der Waals surface area contributed by atoms with Crippen LogP contribution in [0.1, 0.15) is 52.4 Å². The molecule has 0 aromatic rings. The molecule has 0 aromatic carbocycles. The quantitative estimate of drug-likeness (QED) is 0.781. The summed E-state index contributed by atoms with van der Waals surface area (Å²) in [5, 5.41) is 10.8. The van der Waals surface area contributed by atoms with E-state index < -0.39 is 5.60 Å². The van der Waals surface area contributed by atoms with Gasteiger partial charge in [0.05, 0.1) is 5.60 Å². The molecule has 2 rings (SSSR count). The summed E-state index contributed by atoms with van der Waals surface area (Å²) in [5.41, 5.74) is -0.272. The van der Waals surface area contributed by atoms with Crippen LogP contribution in [0.3, 0.4) is 0 Å². The Balaban J connectivity index is 2.02. The first kappa shape index (κ1) is 11.8. The zero-order chi connectivity index (χ0) is 10.9. The number of aliphatic hydroxyl groups is 1. The van der Waals surface area contributed by atoms with Crippen molar-refractivity contribution in [3.05, 3.63) is 0 Å². The van der Waals surface area contributed by atoms with E-state index in [2.05, 4.69) is 13.8 Å². The van der Waals surface area contributed by atoms with Gasteiger partial charge < -0.3 is 5.11 Å². The molecule has 2 fully saturated rings. The Morgan fingerprint density at radius 2 is 1.93 bits per heavy atom. The molecule has 1 atom stereocenters. The van der Waals surface area contributed by atoms with Crippen molar-refractivity contribution in [2.45, 2.75) is 58.0 Å². The second-order valence-corrected chi connectivity index (χ2v) is 7.18. The van der Waals surface area contributed by atoms with E-state index in [0.29, 0.717) is 0 Å². The Hall–Kier alpha value is 0.310. The molecule has 1 heterocycles. The maximum atomic E-state index is 10.8. The Morgan fingerprint density at radius 3 is 2.53 bits per heavy atom. The molecule has 0 radical (unpaired) electrons. The molecule has 0 amide bonds. The molecule has 1 saturated carbocycles. The average molecular weight is 228 g/mol. The highest BCUT2D eigenvalue weighted by Crippen LogP contribution is 2.47. The lowest BCUT2D eigenvalue weighted by atomic mass is 9.69. The van der Waals surface area contributed by atoms with Crippen molar-refractivity contribution in [3.63, 3.8) is 0 Å². The molecule has 0 bridgehead atoms. The standard InChI is InChI=1S/C13H24OS/c1-12(2)7-8-15-10-13(12,14)9-11-5-3-4-6-11/h11,14H,3-10H2,1-2H3. The van der Waals surface area contributed by atoms with Crippen LogP contribution in [-0.4, -0.2) is 22.2 Å². The van der Waals surface area contributed by atoms with E-state index in [-0.39, 0.29) is 5.41 Å². The predicted octanol–water partition coefficient (Wildman–Crippen LogP) is 3.46. The maximum absolute atomic E-state index is 10.8. The molecule has 88 valence electrons. The van der Waals surface area contributed by atoms with Crippen molar-refractivity contribution in [1.29, 1.82) is 0 Å². The molecule has 1 aliphatic heterocycles. The molecule has 0 spiro atoms. The van der Waals surface area contributed by atoms with Crippen LogP contribution in [-0.2, 0) is 0 Å². The molecule has 15 heavy (non-hydrogen) atoms. The van der Waals surface area contributed by atoms with Crippen LogP contribution in [0.25, 0.3) is 0 Å². The van der Waals surface area contributed by atoms with E-state index in [1.165, 1.54) is 37.9 Å². The minimum atomic E-state index is -0.398. The summed E-state index contributed by atoms with van der Waals surface area (Å²) in [6.45, 7) is 4.50. The van der Waals surface area contributed by atoms with Crippen molar-refractivity contribution in [3.8, 4) is 0 Å². The van der Waals surface area contributed by atoms with Gasteiger partial charge in [-0.3, -0.25) is 0 Å². The van der Waals surface area contributed by atoms with Gasteiger partial charge in [0.15, 0.2) is 0 Å². The summed E-state index contributed by atoms with van der Waals surface area (Å²) in [5.74, 6) is 2.98. The normalized spacial score (nSPS) is 37.0. The molecule has 1 N–H and O–H groups in total. The summed E-state index contributed by atoms with van der Waals surface area (Å²) < 4.78 is 0. The number of hydrogen-bond acceptors (Lipinski definition) is 2. The fraction of sp³-hybridized carbons (Fsp3) is 1.00. The van der Waals surface area contributed by atoms with Gasteiger partial charge in [-0.15, -0.1) is 0 Å². The van der Waals surface area contributed by atoms with Gasteiger partial charge in [-0.1, -0.05) is 39.5 Å². The van der Waals surface area contributed by atoms with E-state index in [4.69, 9.17) is 0 Å². The molecule has 1 nitrogen and oxygen atoms in total. The van der Waals surface area contributed by atoms with Crippen LogP contribution in [0.4, 0.5) is 0 Å². The molecule has 0 aromatic heterocycles. The van der Waals surface area contributed by atoms with Gasteiger partial charge in [-0.2, -0.15) is 11.8 Å². The lowest BCUT2D eigenvalue weighted by molar-refractivity contribution is -0.0688. The lowest BCUT2D eigenvalue weighted by Crippen LogP contribution is -2.50. The average Bonchev–Trinajstić information content (AvgIpc) is 2.63. The highest BCUT2D eigenvalue weighted by molar-refractivity contribution is 7.99. The molecule has 2 aliphatic rings. The van der Waals surface area contributed by atoms with Crippen LogP contribution in [0.2, 0.25) is 0 Å². The van der Waals surface area contributed by atoms with Crippen LogP contribution in [0.5, 0.6) is 0 Å². The highest BCUT2D eigenvalue weighted by atomic mass is 32.2. The van der Waals surface area contributed by atoms with Gasteiger partial charge in [0.1, 0.15) is 0 Å². The first-order valence-corrected chi connectivity index (χ1v) is 7.49. The van der Waals surface area contributed by atoms with Gasteiger partial charge in [0.25, 0.3) is 0 Å². The summed E-state index contributed by atoms with van der Waals surface area (Å²) in [6, 6.07) is 0. The SMILES string of the molecule is CC1(C)CCSCC1(O)CC1CCCC1.